The van der Waals surface area contributed by atoms with Crippen LogP contribution in [-0.4, -0.2) is 5.11 Å². The first-order valence-corrected chi connectivity index (χ1v) is 4.19. The van der Waals surface area contributed by atoms with E-state index in [0.29, 0.717) is 0 Å². The van der Waals surface area contributed by atoms with E-state index in [1.165, 1.54) is 0 Å². The van der Waals surface area contributed by atoms with E-state index in [1.807, 2.05) is 12.1 Å². The van der Waals surface area contributed by atoms with Gasteiger partial charge in [-0.2, -0.15) is 0 Å². The van der Waals surface area contributed by atoms with E-state index in [1.54, 1.807) is 19.9 Å². The van der Waals surface area contributed by atoms with Crippen molar-refractivity contribution < 1.29 is 5.11 Å². The highest BCUT2D eigenvalue weighted by Crippen LogP contribution is 2.21. The van der Waals surface area contributed by atoms with Crippen LogP contribution in [0.3, 0.4) is 0 Å². The maximum absolute atomic E-state index is 9.58. The molecule has 2 heteroatoms. The summed E-state index contributed by atoms with van der Waals surface area (Å²) < 4.78 is 0.872. The van der Waals surface area contributed by atoms with Gasteiger partial charge in [0.15, 0.2) is 0 Å². The minimum atomic E-state index is -0.766. The standard InChI is InChI=1S/C9H10BrO/c1-9(2,11)7-4-3-5-8(10)6-7/h3-4,6,11H,1-2H3. The molecule has 0 aliphatic heterocycles. The first-order valence-electron chi connectivity index (χ1n) is 3.40. The van der Waals surface area contributed by atoms with Crippen molar-refractivity contribution in [1.29, 1.82) is 0 Å². The first-order chi connectivity index (χ1) is 5.00. The fraction of sp³-hybridized carbons (Fsp3) is 0.333. The minimum absolute atomic E-state index is 0.766. The fourth-order valence-electron chi connectivity index (χ4n) is 0.818. The van der Waals surface area contributed by atoms with Crippen molar-refractivity contribution in [2.24, 2.45) is 0 Å². The summed E-state index contributed by atoms with van der Waals surface area (Å²) >= 11 is 3.29. The molecule has 1 rings (SSSR count). The molecule has 1 radical (unpaired) electrons. The van der Waals surface area contributed by atoms with Crippen LogP contribution in [0.1, 0.15) is 19.4 Å². The van der Waals surface area contributed by atoms with Gasteiger partial charge in [0.05, 0.1) is 5.60 Å². The van der Waals surface area contributed by atoms with E-state index in [4.69, 9.17) is 0 Å². The zero-order chi connectivity index (χ0) is 8.48. The number of benzene rings is 1. The second-order valence-electron chi connectivity index (χ2n) is 2.98. The summed E-state index contributed by atoms with van der Waals surface area (Å²) in [4.78, 5) is 0. The maximum atomic E-state index is 9.58. The molecule has 0 fully saturated rings. The van der Waals surface area contributed by atoms with Crippen LogP contribution in [0.5, 0.6) is 0 Å². The van der Waals surface area contributed by atoms with Crippen molar-refractivity contribution in [3.8, 4) is 0 Å². The average molecular weight is 214 g/mol. The van der Waals surface area contributed by atoms with Crippen LogP contribution in [0.25, 0.3) is 0 Å². The zero-order valence-electron chi connectivity index (χ0n) is 6.56. The molecule has 11 heavy (non-hydrogen) atoms. The third-order valence-corrected chi connectivity index (χ3v) is 1.93. The molecule has 1 nitrogen and oxygen atoms in total. The molecule has 1 N–H and O–H groups in total. The number of aliphatic hydroxyl groups is 1. The largest absolute Gasteiger partial charge is 0.386 e. The van der Waals surface area contributed by atoms with Crippen LogP contribution in [0.15, 0.2) is 22.7 Å². The molecule has 0 saturated carbocycles. The molecule has 0 aliphatic rings. The van der Waals surface area contributed by atoms with Gasteiger partial charge < -0.3 is 5.11 Å². The van der Waals surface area contributed by atoms with Crippen LogP contribution in [0.4, 0.5) is 0 Å². The van der Waals surface area contributed by atoms with E-state index in [0.717, 1.165) is 10.0 Å². The summed E-state index contributed by atoms with van der Waals surface area (Å²) in [5.74, 6) is 0. The van der Waals surface area contributed by atoms with Crippen LogP contribution < -0.4 is 0 Å². The van der Waals surface area contributed by atoms with Crippen LogP contribution in [0, 0.1) is 6.07 Å². The summed E-state index contributed by atoms with van der Waals surface area (Å²) in [6.45, 7) is 3.52. The fourth-order valence-corrected chi connectivity index (χ4v) is 1.20. The molecule has 1 aromatic rings. The third kappa shape index (κ3) is 2.31. The molecular weight excluding hydrogens is 204 g/mol. The molecule has 0 unspecified atom stereocenters. The Morgan fingerprint density at radius 2 is 2.18 bits per heavy atom. The topological polar surface area (TPSA) is 20.2 Å². The lowest BCUT2D eigenvalue weighted by atomic mass is 9.99. The van der Waals surface area contributed by atoms with Gasteiger partial charge in [0.25, 0.3) is 0 Å². The molecule has 1 aromatic carbocycles. The predicted octanol–water partition coefficient (Wildman–Crippen LogP) is 2.48. The highest BCUT2D eigenvalue weighted by molar-refractivity contribution is 9.10. The molecule has 0 bridgehead atoms. The van der Waals surface area contributed by atoms with Gasteiger partial charge in [0.2, 0.25) is 0 Å². The molecular formula is C9H10BrO. The van der Waals surface area contributed by atoms with Gasteiger partial charge in [0.1, 0.15) is 0 Å². The van der Waals surface area contributed by atoms with Crippen molar-refractivity contribution >= 4 is 15.9 Å². The highest BCUT2D eigenvalue weighted by Gasteiger charge is 2.15. The van der Waals surface area contributed by atoms with Crippen LogP contribution in [0.2, 0.25) is 0 Å². The SMILES string of the molecule is CC(C)(O)c1cc[c]c(Br)c1. The second-order valence-corrected chi connectivity index (χ2v) is 3.84. The molecule has 0 atom stereocenters. The predicted molar refractivity (Wildman–Crippen MR) is 48.2 cm³/mol. The molecule has 0 saturated heterocycles. The number of hydrogen-bond acceptors (Lipinski definition) is 1. The molecule has 59 valence electrons. The summed E-state index contributed by atoms with van der Waals surface area (Å²) in [6.07, 6.45) is 0. The van der Waals surface area contributed by atoms with E-state index in [9.17, 15) is 5.11 Å². The van der Waals surface area contributed by atoms with Crippen molar-refractivity contribution in [1.82, 2.24) is 0 Å². The van der Waals surface area contributed by atoms with Crippen molar-refractivity contribution in [3.05, 3.63) is 34.3 Å². The Labute approximate surface area is 75.2 Å². The van der Waals surface area contributed by atoms with Gasteiger partial charge in [-0.25, -0.2) is 0 Å². The summed E-state index contributed by atoms with van der Waals surface area (Å²) in [5.41, 5.74) is 0.126. The Morgan fingerprint density at radius 3 is 2.55 bits per heavy atom. The van der Waals surface area contributed by atoms with Gasteiger partial charge in [-0.3, -0.25) is 0 Å². The van der Waals surface area contributed by atoms with Gasteiger partial charge in [-0.15, -0.1) is 0 Å². The van der Waals surface area contributed by atoms with E-state index < -0.39 is 5.60 Å². The Hall–Kier alpha value is -0.340. The Bertz CT molecular complexity index is 250. The van der Waals surface area contributed by atoms with E-state index in [-0.39, 0.29) is 0 Å². The van der Waals surface area contributed by atoms with Crippen LogP contribution in [-0.2, 0) is 5.60 Å². The van der Waals surface area contributed by atoms with E-state index in [2.05, 4.69) is 22.0 Å². The lowest BCUT2D eigenvalue weighted by Gasteiger charge is -2.17. The number of hydrogen-bond donors (Lipinski definition) is 1. The minimum Gasteiger partial charge on any atom is -0.386 e. The maximum Gasteiger partial charge on any atom is 0.0840 e. The summed E-state index contributed by atoms with van der Waals surface area (Å²) in [7, 11) is 0. The molecule has 0 heterocycles. The number of rotatable bonds is 1. The van der Waals surface area contributed by atoms with Crippen molar-refractivity contribution in [3.63, 3.8) is 0 Å². The smallest absolute Gasteiger partial charge is 0.0840 e. The Kier molecular flexibility index (Phi) is 2.35. The van der Waals surface area contributed by atoms with Gasteiger partial charge >= 0.3 is 0 Å². The zero-order valence-corrected chi connectivity index (χ0v) is 8.14. The third-order valence-electron chi connectivity index (χ3n) is 1.47. The lowest BCUT2D eigenvalue weighted by molar-refractivity contribution is 0.0785. The first kappa shape index (κ1) is 8.75. The quantitative estimate of drug-likeness (QED) is 0.761. The Morgan fingerprint density at radius 1 is 1.55 bits per heavy atom. The van der Waals surface area contributed by atoms with Gasteiger partial charge in [-0.1, -0.05) is 28.1 Å². The monoisotopic (exact) mass is 213 g/mol. The summed E-state index contributed by atoms with van der Waals surface area (Å²) in [6, 6.07) is 8.45. The van der Waals surface area contributed by atoms with Gasteiger partial charge in [0, 0.05) is 4.47 Å². The van der Waals surface area contributed by atoms with Crippen molar-refractivity contribution in [2.45, 2.75) is 19.4 Å². The average Bonchev–Trinajstić information content (AvgIpc) is 1.86. The lowest BCUT2D eigenvalue weighted by Crippen LogP contribution is -2.14. The summed E-state index contributed by atoms with van der Waals surface area (Å²) in [5, 5.41) is 9.58. The highest BCUT2D eigenvalue weighted by atomic mass is 79.9. The molecule has 0 aliphatic carbocycles. The second kappa shape index (κ2) is 2.95. The van der Waals surface area contributed by atoms with Crippen LogP contribution >= 0.6 is 15.9 Å². The Balaban J connectivity index is 3.06. The van der Waals surface area contributed by atoms with Crippen molar-refractivity contribution in [2.75, 3.05) is 0 Å². The number of halogens is 1. The molecule has 0 amide bonds. The normalized spacial score (nSPS) is 11.6. The molecule has 0 spiro atoms. The molecule has 0 aromatic heterocycles. The van der Waals surface area contributed by atoms with Gasteiger partial charge in [-0.05, 0) is 31.5 Å². The van der Waals surface area contributed by atoms with E-state index >= 15 is 0 Å².